The molecule has 0 spiro atoms. The summed E-state index contributed by atoms with van der Waals surface area (Å²) >= 11 is 0. The van der Waals surface area contributed by atoms with Crippen molar-refractivity contribution in [2.24, 2.45) is 0 Å². The topological polar surface area (TPSA) is 118 Å². The molecule has 32 aromatic rings. The number of hydrogen-bond donors (Lipinski definition) is 0. The molecular formula is C132H76N4O8. The van der Waals surface area contributed by atoms with Crippen LogP contribution in [0.2, 0.25) is 0 Å². The maximum absolute atomic E-state index is 6.76. The molecule has 672 valence electrons. The summed E-state index contributed by atoms with van der Waals surface area (Å²) < 4.78 is 53.4. The van der Waals surface area contributed by atoms with E-state index in [1.165, 1.54) is 21.5 Å². The highest BCUT2D eigenvalue weighted by atomic mass is 16.4. The van der Waals surface area contributed by atoms with Gasteiger partial charge < -0.3 is 54.9 Å². The van der Waals surface area contributed by atoms with Crippen LogP contribution in [-0.4, -0.2) is 0 Å². The van der Waals surface area contributed by atoms with E-state index in [1.54, 1.807) is 0 Å². The van der Waals surface area contributed by atoms with Gasteiger partial charge in [-0.3, -0.25) is 0 Å². The Labute approximate surface area is 818 Å². The third-order valence-corrected chi connectivity index (χ3v) is 29.5. The van der Waals surface area contributed by atoms with Crippen molar-refractivity contribution in [1.82, 2.24) is 0 Å². The molecule has 32 rings (SSSR count). The molecule has 0 fully saturated rings. The van der Waals surface area contributed by atoms with Gasteiger partial charge >= 0.3 is 0 Å². The quantitative estimate of drug-likeness (QED) is 0.116. The SMILES string of the molecule is c1ccc(N(c2ccc3c(c2)oc2cc4cc5c(cc4cc23)oc2cc(N(c3ccccc3)c3ccc4c(c3)oc3c6ccccc6ccc43)ccc25)c2ccc3c(c2)oc2c4ccccc4ccc32)cc1.c1ccc(N(c2ccc3c(c2)oc2cc4cc5c(cc4cc23)oc2cc(N(c3ccccc3)c3ccc4c(c3)oc3ccc6ccccc6c34)ccc25)c2ccc3c(c2)oc2ccc4ccccc4c23)cc1. The third kappa shape index (κ3) is 12.5. The highest BCUT2D eigenvalue weighted by Gasteiger charge is 2.27. The number of nitrogens with zero attached hydrogens (tertiary/aromatic N) is 4. The van der Waals surface area contributed by atoms with Crippen LogP contribution >= 0.6 is 0 Å². The van der Waals surface area contributed by atoms with E-state index >= 15 is 0 Å². The average Bonchev–Trinajstić information content (AvgIpc) is 1.56. The zero-order chi connectivity index (χ0) is 94.0. The van der Waals surface area contributed by atoms with E-state index in [2.05, 4.69) is 456 Å². The highest BCUT2D eigenvalue weighted by molar-refractivity contribution is 6.24. The number of rotatable bonds is 12. The predicted molar refractivity (Wildman–Crippen MR) is 595 cm³/mol. The zero-order valence-corrected chi connectivity index (χ0v) is 76.9. The summed E-state index contributed by atoms with van der Waals surface area (Å²) in [5, 5.41) is 30.9. The van der Waals surface area contributed by atoms with Crippen LogP contribution in [0.15, 0.2) is 496 Å². The van der Waals surface area contributed by atoms with Crippen LogP contribution < -0.4 is 19.6 Å². The maximum Gasteiger partial charge on any atom is 0.143 e. The Morgan fingerprint density at radius 3 is 0.590 bits per heavy atom. The minimum atomic E-state index is 0.813. The molecule has 0 amide bonds. The monoisotopic (exact) mass is 1840 g/mol. The minimum Gasteiger partial charge on any atom is -0.456 e. The van der Waals surface area contributed by atoms with Crippen molar-refractivity contribution < 1.29 is 35.3 Å². The molecule has 0 aliphatic rings. The van der Waals surface area contributed by atoms with Gasteiger partial charge in [0.2, 0.25) is 0 Å². The van der Waals surface area contributed by atoms with Crippen molar-refractivity contribution in [2.75, 3.05) is 19.6 Å². The summed E-state index contributed by atoms with van der Waals surface area (Å²) in [4.78, 5) is 9.05. The van der Waals surface area contributed by atoms with Gasteiger partial charge in [0.1, 0.15) is 89.3 Å². The minimum absolute atomic E-state index is 0.813. The fourth-order valence-corrected chi connectivity index (χ4v) is 22.8. The van der Waals surface area contributed by atoms with Gasteiger partial charge in [0.05, 0.1) is 0 Å². The molecule has 8 heterocycles. The summed E-state index contributed by atoms with van der Waals surface area (Å²) in [6, 6.07) is 162. The average molecular weight is 1850 g/mol. The molecule has 0 bridgehead atoms. The van der Waals surface area contributed by atoms with Crippen molar-refractivity contribution in [3.8, 4) is 0 Å². The Balaban J connectivity index is 0.000000131. The third-order valence-electron chi connectivity index (χ3n) is 29.5. The molecule has 8 aromatic heterocycles. The molecule has 24 aromatic carbocycles. The van der Waals surface area contributed by atoms with Crippen molar-refractivity contribution in [3.05, 3.63) is 461 Å². The standard InChI is InChI=1S/2C66H38N2O4/c1-3-13-43(14-4-1)67(47-23-27-53-63(37-47)69-57-29-19-39-11-7-9-17-49(39)65(53)57)45-21-25-51-55-31-41-34-60-56(32-42(41)33-59(55)71-61(51)35-45)52-26-22-46(36-62(52)72-60)68(44-15-5-2-6-16-44)48-24-28-54-64(38-48)70-58-30-20-40-12-8-10-18-50(40)66(54)58;1-3-13-43(14-4-1)67(47-21-27-51-55-25-19-39-11-7-9-17-49(39)65(55)71-63(51)37-47)45-23-29-53-57-31-41-34-60-58(32-42(41)33-59(57)69-61(53)35-45)54-30-24-46(36-62(54)70-60)68(44-15-5-2-6-16-44)48-22-28-52-56-26-20-40-12-8-10-18-50(40)66(56)72-64(52)38-48/h2*1-38H. The van der Waals surface area contributed by atoms with Crippen LogP contribution in [0.1, 0.15) is 0 Å². The van der Waals surface area contributed by atoms with Gasteiger partial charge in [0.15, 0.2) is 0 Å². The Hall–Kier alpha value is -19.6. The number of para-hydroxylation sites is 4. The summed E-state index contributed by atoms with van der Waals surface area (Å²) in [6.45, 7) is 0. The van der Waals surface area contributed by atoms with Crippen LogP contribution in [0.25, 0.3) is 240 Å². The fourth-order valence-electron chi connectivity index (χ4n) is 22.8. The maximum atomic E-state index is 6.76. The molecule has 12 heteroatoms. The van der Waals surface area contributed by atoms with Gasteiger partial charge in [-0.2, -0.15) is 0 Å². The Morgan fingerprint density at radius 1 is 0.104 bits per heavy atom. The second-order valence-electron chi connectivity index (χ2n) is 37.7. The Bertz CT molecular complexity index is 10100. The fraction of sp³-hybridized carbons (Fsp3) is 0. The van der Waals surface area contributed by atoms with Gasteiger partial charge in [-0.05, 0) is 272 Å². The summed E-state index contributed by atoms with van der Waals surface area (Å²) in [5.74, 6) is 0. The van der Waals surface area contributed by atoms with Crippen molar-refractivity contribution in [2.45, 2.75) is 0 Å². The van der Waals surface area contributed by atoms with Gasteiger partial charge in [0, 0.05) is 214 Å². The second-order valence-corrected chi connectivity index (χ2v) is 37.7. The summed E-state index contributed by atoms with van der Waals surface area (Å²) in [5.41, 5.74) is 25.6. The van der Waals surface area contributed by atoms with Gasteiger partial charge in [0.25, 0.3) is 0 Å². The number of fused-ring (bicyclic) bond motifs is 34. The van der Waals surface area contributed by atoms with Crippen molar-refractivity contribution in [3.63, 3.8) is 0 Å². The second kappa shape index (κ2) is 31.0. The first-order chi connectivity index (χ1) is 71.3. The van der Waals surface area contributed by atoms with E-state index in [-0.39, 0.29) is 0 Å². The largest absolute Gasteiger partial charge is 0.456 e. The lowest BCUT2D eigenvalue weighted by atomic mass is 10.0. The molecule has 0 saturated heterocycles. The summed E-state index contributed by atoms with van der Waals surface area (Å²) in [7, 11) is 0. The van der Waals surface area contributed by atoms with E-state index in [0.29, 0.717) is 0 Å². The first-order valence-electron chi connectivity index (χ1n) is 48.6. The van der Waals surface area contributed by atoms with E-state index in [9.17, 15) is 0 Å². The number of hydrogen-bond acceptors (Lipinski definition) is 12. The van der Waals surface area contributed by atoms with Crippen LogP contribution in [0.4, 0.5) is 68.2 Å². The first-order valence-corrected chi connectivity index (χ1v) is 48.6. The molecule has 0 saturated carbocycles. The van der Waals surface area contributed by atoms with Crippen LogP contribution in [0.3, 0.4) is 0 Å². The van der Waals surface area contributed by atoms with E-state index in [1.807, 2.05) is 24.3 Å². The summed E-state index contributed by atoms with van der Waals surface area (Å²) in [6.07, 6.45) is 0. The zero-order valence-electron chi connectivity index (χ0n) is 76.9. The molecule has 0 aliphatic heterocycles. The molecule has 144 heavy (non-hydrogen) atoms. The van der Waals surface area contributed by atoms with Gasteiger partial charge in [-0.1, -0.05) is 194 Å². The van der Waals surface area contributed by atoms with E-state index < -0.39 is 0 Å². The Kier molecular flexibility index (Phi) is 17.1. The number of benzene rings is 24. The molecule has 0 radical (unpaired) electrons. The van der Waals surface area contributed by atoms with Gasteiger partial charge in [-0.15, -0.1) is 0 Å². The molecule has 12 nitrogen and oxygen atoms in total. The number of furan rings is 8. The lowest BCUT2D eigenvalue weighted by Gasteiger charge is -2.25. The Morgan fingerprint density at radius 2 is 0.306 bits per heavy atom. The molecule has 0 N–H and O–H groups in total. The molecule has 0 unspecified atom stereocenters. The predicted octanol–water partition coefficient (Wildman–Crippen LogP) is 39.4. The lowest BCUT2D eigenvalue weighted by molar-refractivity contribution is 0.668. The van der Waals surface area contributed by atoms with Crippen molar-refractivity contribution in [1.29, 1.82) is 0 Å². The van der Waals surface area contributed by atoms with Crippen LogP contribution in [0.5, 0.6) is 0 Å². The molecule has 0 atom stereocenters. The van der Waals surface area contributed by atoms with E-state index in [4.69, 9.17) is 35.3 Å². The van der Waals surface area contributed by atoms with Crippen molar-refractivity contribution >= 4 is 308 Å². The van der Waals surface area contributed by atoms with Gasteiger partial charge in [-0.25, -0.2) is 0 Å². The normalized spacial score (nSPS) is 12.2. The van der Waals surface area contributed by atoms with Crippen LogP contribution in [0, 0.1) is 0 Å². The van der Waals surface area contributed by atoms with E-state index in [0.717, 1.165) is 287 Å². The molecule has 0 aliphatic carbocycles. The number of anilines is 12. The molecular weight excluding hydrogens is 1770 g/mol. The first kappa shape index (κ1) is 79.5. The lowest BCUT2D eigenvalue weighted by Crippen LogP contribution is -2.09. The van der Waals surface area contributed by atoms with Crippen LogP contribution in [-0.2, 0) is 0 Å². The highest BCUT2D eigenvalue weighted by Crippen LogP contribution is 2.51. The smallest absolute Gasteiger partial charge is 0.143 e.